The molecule has 2 rings (SSSR count). The Morgan fingerprint density at radius 3 is 1.08 bits per heavy atom. The van der Waals surface area contributed by atoms with Gasteiger partial charge in [0.25, 0.3) is 0 Å². The van der Waals surface area contributed by atoms with E-state index in [9.17, 15) is 18.9 Å². The maximum Gasteiger partial charge on any atom is 2.00 e. The van der Waals surface area contributed by atoms with Gasteiger partial charge in [-0.15, -0.1) is 0 Å². The molecule has 0 amide bonds. The first-order valence-corrected chi connectivity index (χ1v) is 16.8. The zero-order valence-corrected chi connectivity index (χ0v) is 26.8. The van der Waals surface area contributed by atoms with Crippen LogP contribution in [0.1, 0.15) is 115 Å². The second-order valence-electron chi connectivity index (χ2n) is 9.73. The molecule has 0 aromatic heterocycles. The Balaban J connectivity index is 0.000000722. The van der Waals surface area contributed by atoms with Gasteiger partial charge in [-0.2, -0.15) is 0 Å². The molecule has 0 aliphatic carbocycles. The van der Waals surface area contributed by atoms with E-state index in [2.05, 4.69) is 22.9 Å². The van der Waals surface area contributed by atoms with Crippen molar-refractivity contribution in [2.75, 3.05) is 0 Å². The van der Waals surface area contributed by atoms with E-state index in [1.165, 1.54) is 101 Å². The van der Waals surface area contributed by atoms with Crippen LogP contribution in [0.15, 0.2) is 48.5 Å². The molecule has 1 radical (unpaired) electrons. The number of benzene rings is 2. The van der Waals surface area contributed by atoms with Crippen LogP contribution in [0.5, 0.6) is 11.5 Å². The van der Waals surface area contributed by atoms with Crippen LogP contribution in [0.3, 0.4) is 0 Å². The van der Waals surface area contributed by atoms with E-state index in [1.807, 2.05) is 24.3 Å². The van der Waals surface area contributed by atoms with Crippen molar-refractivity contribution in [2.24, 2.45) is 0 Å². The van der Waals surface area contributed by atoms with Gasteiger partial charge in [0.2, 0.25) is 0 Å². The third kappa shape index (κ3) is 22.3. The molecule has 39 heavy (non-hydrogen) atoms. The summed E-state index contributed by atoms with van der Waals surface area (Å²) in [6.07, 6.45) is 20.4. The SMILES string of the molecule is CCCCCCCCCc1ccc(O[PH](=O)[O-])cc1.CCCCCCCCCc1ccc(O[PH](=O)[O-])cc1.[Co+2]. The molecule has 0 aliphatic rings. The Labute approximate surface area is 248 Å². The van der Waals surface area contributed by atoms with Crippen LogP contribution in [0.25, 0.3) is 0 Å². The third-order valence-electron chi connectivity index (χ3n) is 6.39. The minimum absolute atomic E-state index is 0. The van der Waals surface area contributed by atoms with E-state index in [4.69, 9.17) is 0 Å². The number of hydrogen-bond donors (Lipinski definition) is 0. The Bertz CT molecular complexity index is 805. The maximum absolute atomic E-state index is 10.4. The van der Waals surface area contributed by atoms with Gasteiger partial charge < -0.3 is 18.8 Å². The molecule has 223 valence electrons. The summed E-state index contributed by atoms with van der Waals surface area (Å²) in [5.41, 5.74) is 2.48. The Morgan fingerprint density at radius 1 is 0.513 bits per heavy atom. The van der Waals surface area contributed by atoms with Crippen molar-refractivity contribution < 1.29 is 44.7 Å². The summed E-state index contributed by atoms with van der Waals surface area (Å²) in [5, 5.41) is 0. The van der Waals surface area contributed by atoms with Crippen LogP contribution in [-0.2, 0) is 38.8 Å². The van der Waals surface area contributed by atoms with Gasteiger partial charge in [0.15, 0.2) is 16.5 Å². The van der Waals surface area contributed by atoms with Crippen molar-refractivity contribution in [1.29, 1.82) is 0 Å². The standard InChI is InChI=1S/2C15H25O3P.Co/c2*1-2-3-4-5-6-7-8-9-14-10-12-15(13-11-14)18-19(16)17;/h2*10-13,19H,2-9H2,1H3,(H,16,17);/q;;+2/p-2. The Hall–Kier alpha value is -1.07. The molecule has 0 N–H and O–H groups in total. The first kappa shape index (κ1) is 37.9. The van der Waals surface area contributed by atoms with E-state index >= 15 is 0 Å². The molecule has 9 heteroatoms. The van der Waals surface area contributed by atoms with Crippen molar-refractivity contribution in [2.45, 2.75) is 117 Å². The monoisotopic (exact) mass is 625 g/mol. The third-order valence-corrected chi connectivity index (χ3v) is 7.19. The molecule has 6 nitrogen and oxygen atoms in total. The molecule has 2 aromatic carbocycles. The molecule has 2 atom stereocenters. The van der Waals surface area contributed by atoms with Gasteiger partial charge in [-0.3, -0.25) is 9.13 Å². The predicted octanol–water partition coefficient (Wildman–Crippen LogP) is 8.21. The van der Waals surface area contributed by atoms with Gasteiger partial charge in [0.05, 0.1) is 0 Å². The summed E-state index contributed by atoms with van der Waals surface area (Å²) in [7, 11) is -6.26. The van der Waals surface area contributed by atoms with E-state index in [0.29, 0.717) is 11.5 Å². The summed E-state index contributed by atoms with van der Waals surface area (Å²) in [6.45, 7) is 4.47. The van der Waals surface area contributed by atoms with Crippen LogP contribution in [0.4, 0.5) is 0 Å². The summed E-state index contributed by atoms with van der Waals surface area (Å²) in [6, 6.07) is 14.6. The van der Waals surface area contributed by atoms with Crippen molar-refractivity contribution in [1.82, 2.24) is 0 Å². The van der Waals surface area contributed by atoms with Gasteiger partial charge in [0.1, 0.15) is 11.5 Å². The van der Waals surface area contributed by atoms with E-state index in [1.54, 1.807) is 24.3 Å². The Morgan fingerprint density at radius 2 is 0.795 bits per heavy atom. The van der Waals surface area contributed by atoms with Crippen molar-refractivity contribution in [3.63, 3.8) is 0 Å². The first-order chi connectivity index (χ1) is 18.4. The quantitative estimate of drug-likeness (QED) is 0.109. The van der Waals surface area contributed by atoms with Crippen LogP contribution >= 0.6 is 16.5 Å². The fraction of sp³-hybridized carbons (Fsp3) is 0.600. The molecule has 0 fully saturated rings. The molecule has 0 saturated heterocycles. The second-order valence-corrected chi connectivity index (χ2v) is 11.1. The largest absolute Gasteiger partial charge is 2.00 e. The maximum atomic E-state index is 10.4. The van der Waals surface area contributed by atoms with Crippen LogP contribution in [0, 0.1) is 0 Å². The van der Waals surface area contributed by atoms with Crippen molar-refractivity contribution in [3.8, 4) is 11.5 Å². The second kappa shape index (κ2) is 25.9. The average molecular weight is 626 g/mol. The van der Waals surface area contributed by atoms with Gasteiger partial charge in [-0.25, -0.2) is 0 Å². The minimum Gasteiger partial charge on any atom is -0.771 e. The summed E-state index contributed by atoms with van der Waals surface area (Å²) in [4.78, 5) is 20.8. The number of rotatable bonds is 20. The molecular weight excluding hydrogens is 577 g/mol. The predicted molar refractivity (Wildman–Crippen MR) is 156 cm³/mol. The van der Waals surface area contributed by atoms with E-state index < -0.39 is 16.5 Å². The molecule has 2 aromatic rings. The molecule has 2 unspecified atom stereocenters. The fourth-order valence-electron chi connectivity index (χ4n) is 4.21. The molecule has 0 aliphatic heterocycles. The minimum atomic E-state index is -3.13. The van der Waals surface area contributed by atoms with Crippen LogP contribution < -0.4 is 18.8 Å². The number of hydrogen-bond acceptors (Lipinski definition) is 6. The van der Waals surface area contributed by atoms with Gasteiger partial charge >= 0.3 is 16.8 Å². The van der Waals surface area contributed by atoms with Gasteiger partial charge in [0, 0.05) is 0 Å². The molecule has 0 heterocycles. The molecule has 0 saturated carbocycles. The van der Waals surface area contributed by atoms with Crippen molar-refractivity contribution in [3.05, 3.63) is 59.7 Å². The van der Waals surface area contributed by atoms with Crippen LogP contribution in [-0.4, -0.2) is 0 Å². The first-order valence-electron chi connectivity index (χ1n) is 14.4. The fourth-order valence-corrected chi connectivity index (χ4v) is 4.87. The zero-order chi connectivity index (χ0) is 27.8. The van der Waals surface area contributed by atoms with Gasteiger partial charge in [-0.05, 0) is 61.1 Å². The molecule has 0 bridgehead atoms. The smallest absolute Gasteiger partial charge is 0.771 e. The normalized spacial score (nSPS) is 12.0. The van der Waals surface area contributed by atoms with E-state index in [0.717, 1.165) is 12.8 Å². The number of unbranched alkanes of at least 4 members (excludes halogenated alkanes) is 12. The molecule has 0 spiro atoms. The van der Waals surface area contributed by atoms with Crippen molar-refractivity contribution >= 4 is 16.5 Å². The average Bonchev–Trinajstić information content (AvgIpc) is 2.89. The summed E-state index contributed by atoms with van der Waals surface area (Å²) >= 11 is 0. The Kier molecular flexibility index (Phi) is 25.2. The van der Waals surface area contributed by atoms with Gasteiger partial charge in [-0.1, -0.05) is 115 Å². The summed E-state index contributed by atoms with van der Waals surface area (Å²) < 4.78 is 30.1. The number of aryl methyl sites for hydroxylation is 2. The topological polar surface area (TPSA) is 98.7 Å². The van der Waals surface area contributed by atoms with E-state index in [-0.39, 0.29) is 16.8 Å². The summed E-state index contributed by atoms with van der Waals surface area (Å²) in [5.74, 6) is 0.810. The van der Waals surface area contributed by atoms with Crippen LogP contribution in [0.2, 0.25) is 0 Å². The zero-order valence-electron chi connectivity index (χ0n) is 23.7. The molecular formula is C30H48CoO6P2.